The van der Waals surface area contributed by atoms with E-state index in [0.717, 1.165) is 15.6 Å². The lowest BCUT2D eigenvalue weighted by Crippen LogP contribution is -2.24. The summed E-state index contributed by atoms with van der Waals surface area (Å²) >= 11 is 3.47. The molecule has 0 radical (unpaired) electrons. The molecule has 0 unspecified atom stereocenters. The molecule has 0 aliphatic heterocycles. The van der Waals surface area contributed by atoms with E-state index in [2.05, 4.69) is 21.2 Å². The van der Waals surface area contributed by atoms with Crippen molar-refractivity contribution in [1.29, 1.82) is 0 Å². The van der Waals surface area contributed by atoms with Crippen molar-refractivity contribution in [2.45, 2.75) is 13.0 Å². The van der Waals surface area contributed by atoms with Crippen molar-refractivity contribution in [1.82, 2.24) is 5.32 Å². The van der Waals surface area contributed by atoms with Crippen LogP contribution in [0.1, 0.15) is 21.5 Å². The van der Waals surface area contributed by atoms with Gasteiger partial charge < -0.3 is 11.1 Å². The molecule has 0 bridgehead atoms. The summed E-state index contributed by atoms with van der Waals surface area (Å²) < 4.78 is 0.996. The van der Waals surface area contributed by atoms with Crippen molar-refractivity contribution in [3.8, 4) is 0 Å². The maximum Gasteiger partial charge on any atom is 0.251 e. The van der Waals surface area contributed by atoms with Gasteiger partial charge in [0, 0.05) is 16.6 Å². The number of halogens is 1. The molecule has 2 rings (SSSR count). The van der Waals surface area contributed by atoms with Crippen LogP contribution in [-0.2, 0) is 13.0 Å². The third-order valence-corrected chi connectivity index (χ3v) is 3.85. The van der Waals surface area contributed by atoms with Crippen LogP contribution in [-0.4, -0.2) is 12.5 Å². The summed E-state index contributed by atoms with van der Waals surface area (Å²) in [6.07, 6.45) is 0.707. The van der Waals surface area contributed by atoms with Crippen LogP contribution in [0.2, 0.25) is 0 Å². The first-order valence-electron chi connectivity index (χ1n) is 6.52. The number of nitrogens with one attached hydrogen (secondary N) is 1. The van der Waals surface area contributed by atoms with Gasteiger partial charge in [0.25, 0.3) is 5.91 Å². The molecule has 0 saturated carbocycles. The molecule has 0 saturated heterocycles. The highest BCUT2D eigenvalue weighted by molar-refractivity contribution is 9.10. The van der Waals surface area contributed by atoms with Gasteiger partial charge in [-0.05, 0) is 36.2 Å². The summed E-state index contributed by atoms with van der Waals surface area (Å²) in [4.78, 5) is 12.3. The number of carbonyl (C=O) groups excluding carboxylic acids is 1. The monoisotopic (exact) mass is 332 g/mol. The van der Waals surface area contributed by atoms with Crippen LogP contribution in [0.15, 0.2) is 53.0 Å². The van der Waals surface area contributed by atoms with Gasteiger partial charge in [0.2, 0.25) is 0 Å². The Hall–Kier alpha value is -1.65. The topological polar surface area (TPSA) is 55.1 Å². The smallest absolute Gasteiger partial charge is 0.251 e. The van der Waals surface area contributed by atoms with Crippen molar-refractivity contribution in [3.63, 3.8) is 0 Å². The van der Waals surface area contributed by atoms with E-state index < -0.39 is 0 Å². The second-order valence-corrected chi connectivity index (χ2v) is 5.32. The van der Waals surface area contributed by atoms with Crippen LogP contribution in [0.3, 0.4) is 0 Å². The summed E-state index contributed by atoms with van der Waals surface area (Å²) in [5.41, 5.74) is 8.31. The Balaban J connectivity index is 2.07. The Bertz CT molecular complexity index is 599. The zero-order valence-corrected chi connectivity index (χ0v) is 12.7. The number of hydrogen-bond donors (Lipinski definition) is 2. The van der Waals surface area contributed by atoms with Crippen molar-refractivity contribution in [2.75, 3.05) is 6.54 Å². The molecule has 0 fully saturated rings. The molecule has 0 aliphatic carbocycles. The second-order valence-electron chi connectivity index (χ2n) is 4.47. The number of benzene rings is 2. The average molecular weight is 333 g/mol. The van der Waals surface area contributed by atoms with Crippen molar-refractivity contribution in [2.24, 2.45) is 5.73 Å². The standard InChI is InChI=1S/C16H17BrN2O/c17-15-8-4-2-6-13(15)11-19-16(20)14-7-3-1-5-12(14)9-10-18/h1-8H,9-11,18H2,(H,19,20). The maximum absolute atomic E-state index is 12.3. The van der Waals surface area contributed by atoms with Crippen LogP contribution in [0.4, 0.5) is 0 Å². The molecule has 104 valence electrons. The third-order valence-electron chi connectivity index (χ3n) is 3.07. The van der Waals surface area contributed by atoms with Crippen LogP contribution in [0, 0.1) is 0 Å². The van der Waals surface area contributed by atoms with Crippen LogP contribution in [0.25, 0.3) is 0 Å². The number of amides is 1. The maximum atomic E-state index is 12.3. The lowest BCUT2D eigenvalue weighted by Gasteiger charge is -2.10. The zero-order chi connectivity index (χ0) is 14.4. The van der Waals surface area contributed by atoms with Crippen LogP contribution >= 0.6 is 15.9 Å². The normalized spacial score (nSPS) is 10.3. The van der Waals surface area contributed by atoms with E-state index in [4.69, 9.17) is 5.73 Å². The number of nitrogens with two attached hydrogens (primary N) is 1. The summed E-state index contributed by atoms with van der Waals surface area (Å²) in [5.74, 6) is -0.0650. The van der Waals surface area contributed by atoms with Crippen LogP contribution < -0.4 is 11.1 Å². The van der Waals surface area contributed by atoms with Gasteiger partial charge in [0.05, 0.1) is 0 Å². The highest BCUT2D eigenvalue weighted by atomic mass is 79.9. The molecule has 3 N–H and O–H groups in total. The first-order chi connectivity index (χ1) is 9.72. The molecule has 1 amide bonds. The molecule has 0 spiro atoms. The molecule has 2 aromatic rings. The van der Waals surface area contributed by atoms with E-state index in [1.165, 1.54) is 0 Å². The lowest BCUT2D eigenvalue weighted by molar-refractivity contribution is 0.0950. The average Bonchev–Trinajstić information content (AvgIpc) is 2.47. The Morgan fingerprint density at radius 3 is 2.40 bits per heavy atom. The molecular weight excluding hydrogens is 316 g/mol. The predicted molar refractivity (Wildman–Crippen MR) is 84.5 cm³/mol. The fourth-order valence-corrected chi connectivity index (χ4v) is 2.45. The number of hydrogen-bond acceptors (Lipinski definition) is 2. The minimum absolute atomic E-state index is 0.0650. The van der Waals surface area contributed by atoms with Gasteiger partial charge in [-0.15, -0.1) is 0 Å². The minimum atomic E-state index is -0.0650. The summed E-state index contributed by atoms with van der Waals surface area (Å²) in [7, 11) is 0. The molecule has 0 aliphatic rings. The molecule has 20 heavy (non-hydrogen) atoms. The van der Waals surface area contributed by atoms with Gasteiger partial charge in [0.1, 0.15) is 0 Å². The molecule has 0 aromatic heterocycles. The van der Waals surface area contributed by atoms with Crippen molar-refractivity contribution in [3.05, 3.63) is 69.7 Å². The fraction of sp³-hybridized carbons (Fsp3) is 0.188. The molecular formula is C16H17BrN2O. The lowest BCUT2D eigenvalue weighted by atomic mass is 10.0. The highest BCUT2D eigenvalue weighted by Crippen LogP contribution is 2.16. The minimum Gasteiger partial charge on any atom is -0.348 e. The van der Waals surface area contributed by atoms with Gasteiger partial charge in [-0.2, -0.15) is 0 Å². The third kappa shape index (κ3) is 3.68. The summed E-state index contributed by atoms with van der Waals surface area (Å²) in [5, 5.41) is 2.95. The summed E-state index contributed by atoms with van der Waals surface area (Å²) in [6.45, 7) is 1.03. The van der Waals surface area contributed by atoms with Gasteiger partial charge >= 0.3 is 0 Å². The first kappa shape index (κ1) is 14.8. The first-order valence-corrected chi connectivity index (χ1v) is 7.31. The van der Waals surface area contributed by atoms with E-state index in [0.29, 0.717) is 25.1 Å². The fourth-order valence-electron chi connectivity index (χ4n) is 2.03. The molecule has 2 aromatic carbocycles. The quantitative estimate of drug-likeness (QED) is 0.884. The Morgan fingerprint density at radius 2 is 1.70 bits per heavy atom. The molecule has 4 heteroatoms. The van der Waals surface area contributed by atoms with E-state index >= 15 is 0 Å². The van der Waals surface area contributed by atoms with Crippen molar-refractivity contribution < 1.29 is 4.79 Å². The highest BCUT2D eigenvalue weighted by Gasteiger charge is 2.10. The van der Waals surface area contributed by atoms with Crippen molar-refractivity contribution >= 4 is 21.8 Å². The second kappa shape index (κ2) is 7.22. The van der Waals surface area contributed by atoms with E-state index in [-0.39, 0.29) is 5.91 Å². The van der Waals surface area contributed by atoms with E-state index in [1.54, 1.807) is 0 Å². The predicted octanol–water partition coefficient (Wildman–Crippen LogP) is 2.88. The molecule has 0 atom stereocenters. The van der Waals surface area contributed by atoms with Gasteiger partial charge in [0.15, 0.2) is 0 Å². The van der Waals surface area contributed by atoms with Gasteiger partial charge in [-0.1, -0.05) is 52.3 Å². The Labute approximate surface area is 127 Å². The number of rotatable bonds is 5. The SMILES string of the molecule is NCCc1ccccc1C(=O)NCc1ccccc1Br. The number of carbonyl (C=O) groups is 1. The molecule has 0 heterocycles. The largest absolute Gasteiger partial charge is 0.348 e. The Morgan fingerprint density at radius 1 is 1.05 bits per heavy atom. The summed E-state index contributed by atoms with van der Waals surface area (Å²) in [6, 6.07) is 15.4. The zero-order valence-electron chi connectivity index (χ0n) is 11.1. The van der Waals surface area contributed by atoms with Gasteiger partial charge in [-0.25, -0.2) is 0 Å². The van der Waals surface area contributed by atoms with E-state index in [9.17, 15) is 4.79 Å². The molecule has 3 nitrogen and oxygen atoms in total. The Kier molecular flexibility index (Phi) is 5.32. The van der Waals surface area contributed by atoms with Gasteiger partial charge in [-0.3, -0.25) is 4.79 Å². The van der Waals surface area contributed by atoms with Crippen LogP contribution in [0.5, 0.6) is 0 Å². The van der Waals surface area contributed by atoms with E-state index in [1.807, 2.05) is 48.5 Å².